The van der Waals surface area contributed by atoms with Crippen molar-refractivity contribution >= 4 is 16.9 Å². The zero-order chi connectivity index (χ0) is 14.9. The van der Waals surface area contributed by atoms with Gasteiger partial charge >= 0.3 is 5.97 Å². The summed E-state index contributed by atoms with van der Waals surface area (Å²) in [6.07, 6.45) is 1.84. The molecule has 0 saturated carbocycles. The highest BCUT2D eigenvalue weighted by molar-refractivity contribution is 5.95. The second-order valence-electron chi connectivity index (χ2n) is 5.74. The maximum Gasteiger partial charge on any atom is 0.372 e. The van der Waals surface area contributed by atoms with Gasteiger partial charge in [0, 0.05) is 36.2 Å². The summed E-state index contributed by atoms with van der Waals surface area (Å²) in [5, 5.41) is 13.7. The molecule has 21 heavy (non-hydrogen) atoms. The van der Waals surface area contributed by atoms with E-state index in [9.17, 15) is 9.90 Å². The van der Waals surface area contributed by atoms with Crippen molar-refractivity contribution in [3.63, 3.8) is 0 Å². The fourth-order valence-electron chi connectivity index (χ4n) is 2.75. The van der Waals surface area contributed by atoms with Gasteiger partial charge in [0.2, 0.25) is 5.76 Å². The number of nitrogens with one attached hydrogen (secondary N) is 1. The monoisotopic (exact) mass is 289 g/mol. The molecule has 0 amide bonds. The molecule has 3 rings (SSSR count). The normalized spacial score (nSPS) is 18.0. The van der Waals surface area contributed by atoms with Crippen LogP contribution in [0.4, 0.5) is 0 Å². The van der Waals surface area contributed by atoms with Gasteiger partial charge in [-0.3, -0.25) is 0 Å². The molecule has 0 aliphatic carbocycles. The molecule has 1 aliphatic rings. The number of hydrogen-bond donors (Lipinski definition) is 2. The van der Waals surface area contributed by atoms with E-state index in [0.29, 0.717) is 17.7 Å². The Morgan fingerprint density at radius 1 is 1.33 bits per heavy atom. The van der Waals surface area contributed by atoms with Gasteiger partial charge in [-0.25, -0.2) is 4.79 Å². The molecule has 1 aliphatic heterocycles. The molecule has 0 radical (unpaired) electrons. The topological polar surface area (TPSA) is 71.7 Å². The van der Waals surface area contributed by atoms with Gasteiger partial charge in [0.05, 0.1) is 0 Å². The van der Waals surface area contributed by atoms with E-state index in [4.69, 9.17) is 9.15 Å². The van der Waals surface area contributed by atoms with E-state index in [1.165, 1.54) is 0 Å². The highest BCUT2D eigenvalue weighted by atomic mass is 16.5. The van der Waals surface area contributed by atoms with Gasteiger partial charge in [0.25, 0.3) is 0 Å². The van der Waals surface area contributed by atoms with Crippen molar-refractivity contribution < 1.29 is 19.1 Å². The number of furan rings is 1. The average Bonchev–Trinajstić information content (AvgIpc) is 2.85. The van der Waals surface area contributed by atoms with Crippen molar-refractivity contribution in [2.24, 2.45) is 0 Å². The number of carbonyl (C=O) groups is 1. The largest absolute Gasteiger partial charge is 0.475 e. The van der Waals surface area contributed by atoms with Crippen LogP contribution >= 0.6 is 0 Å². The molecule has 0 unspecified atom stereocenters. The highest BCUT2D eigenvalue weighted by Crippen LogP contribution is 2.27. The van der Waals surface area contributed by atoms with E-state index in [2.05, 4.69) is 12.2 Å². The van der Waals surface area contributed by atoms with Crippen molar-refractivity contribution in [2.45, 2.75) is 31.8 Å². The summed E-state index contributed by atoms with van der Waals surface area (Å²) in [6.45, 7) is 4.11. The number of ether oxygens (including phenoxy) is 1. The van der Waals surface area contributed by atoms with E-state index in [-0.39, 0.29) is 11.3 Å². The van der Waals surface area contributed by atoms with E-state index < -0.39 is 5.97 Å². The third-order valence-corrected chi connectivity index (χ3v) is 4.18. The van der Waals surface area contributed by atoms with Crippen LogP contribution in [0.25, 0.3) is 11.0 Å². The number of para-hydroxylation sites is 1. The maximum atomic E-state index is 11.4. The Labute approximate surface area is 122 Å². The predicted molar refractivity (Wildman–Crippen MR) is 78.5 cm³/mol. The summed E-state index contributed by atoms with van der Waals surface area (Å²) < 4.78 is 10.9. The SMILES string of the molecule is CC1(NCc2c(C(=O)O)oc3ccccc23)CCOCC1. The van der Waals surface area contributed by atoms with Gasteiger partial charge in [-0.2, -0.15) is 0 Å². The van der Waals surface area contributed by atoms with Crippen LogP contribution in [0, 0.1) is 0 Å². The molecule has 1 fully saturated rings. The minimum Gasteiger partial charge on any atom is -0.475 e. The fourth-order valence-corrected chi connectivity index (χ4v) is 2.75. The summed E-state index contributed by atoms with van der Waals surface area (Å²) in [6, 6.07) is 7.42. The van der Waals surface area contributed by atoms with Crippen molar-refractivity contribution in [2.75, 3.05) is 13.2 Å². The molecule has 0 spiro atoms. The third-order valence-electron chi connectivity index (χ3n) is 4.18. The summed E-state index contributed by atoms with van der Waals surface area (Å²) in [5.74, 6) is -1.00. The molecule has 1 aromatic heterocycles. The molecule has 0 bridgehead atoms. The number of hydrogen-bond acceptors (Lipinski definition) is 4. The van der Waals surface area contributed by atoms with Crippen molar-refractivity contribution in [1.82, 2.24) is 5.32 Å². The number of benzene rings is 1. The first kappa shape index (κ1) is 14.1. The van der Waals surface area contributed by atoms with Gasteiger partial charge in [0.15, 0.2) is 0 Å². The number of rotatable bonds is 4. The van der Waals surface area contributed by atoms with Crippen LogP contribution in [0.2, 0.25) is 0 Å². The smallest absolute Gasteiger partial charge is 0.372 e. The lowest BCUT2D eigenvalue weighted by atomic mass is 9.92. The van der Waals surface area contributed by atoms with Gasteiger partial charge in [-0.15, -0.1) is 0 Å². The van der Waals surface area contributed by atoms with Crippen LogP contribution in [0.5, 0.6) is 0 Å². The molecular formula is C16H19NO4. The second-order valence-corrected chi connectivity index (χ2v) is 5.74. The van der Waals surface area contributed by atoms with E-state index >= 15 is 0 Å². The molecule has 1 saturated heterocycles. The quantitative estimate of drug-likeness (QED) is 0.905. The minimum absolute atomic E-state index is 0.0214. The third kappa shape index (κ3) is 2.80. The van der Waals surface area contributed by atoms with Crippen LogP contribution in [0.15, 0.2) is 28.7 Å². The zero-order valence-corrected chi connectivity index (χ0v) is 12.0. The molecule has 5 nitrogen and oxygen atoms in total. The lowest BCUT2D eigenvalue weighted by Gasteiger charge is -2.34. The number of carboxylic acids is 1. The maximum absolute atomic E-state index is 11.4. The summed E-state index contributed by atoms with van der Waals surface area (Å²) in [4.78, 5) is 11.4. The molecule has 112 valence electrons. The number of fused-ring (bicyclic) bond motifs is 1. The molecule has 1 aromatic carbocycles. The Kier molecular flexibility index (Phi) is 3.69. The van der Waals surface area contributed by atoms with Crippen LogP contribution in [0.1, 0.15) is 35.9 Å². The Morgan fingerprint density at radius 2 is 2.05 bits per heavy atom. The number of carboxylic acid groups (broad SMARTS) is 1. The van der Waals surface area contributed by atoms with Crippen LogP contribution in [-0.2, 0) is 11.3 Å². The highest BCUT2D eigenvalue weighted by Gasteiger charge is 2.28. The van der Waals surface area contributed by atoms with Gasteiger partial charge in [0.1, 0.15) is 5.58 Å². The first-order valence-corrected chi connectivity index (χ1v) is 7.15. The zero-order valence-electron chi connectivity index (χ0n) is 12.0. The van der Waals surface area contributed by atoms with Gasteiger partial charge in [-0.1, -0.05) is 18.2 Å². The molecule has 5 heteroatoms. The molecular weight excluding hydrogens is 270 g/mol. The van der Waals surface area contributed by atoms with Crippen LogP contribution in [-0.4, -0.2) is 29.8 Å². The first-order valence-electron chi connectivity index (χ1n) is 7.15. The summed E-state index contributed by atoms with van der Waals surface area (Å²) >= 11 is 0. The van der Waals surface area contributed by atoms with Gasteiger partial charge < -0.3 is 19.6 Å². The van der Waals surface area contributed by atoms with E-state index in [0.717, 1.165) is 31.4 Å². The Bertz CT molecular complexity index is 655. The number of aromatic carboxylic acids is 1. The first-order chi connectivity index (χ1) is 10.1. The molecule has 2 heterocycles. The van der Waals surface area contributed by atoms with Crippen molar-refractivity contribution in [3.8, 4) is 0 Å². The Hall–Kier alpha value is -1.85. The lowest BCUT2D eigenvalue weighted by Crippen LogP contribution is -2.46. The Morgan fingerprint density at radius 3 is 2.76 bits per heavy atom. The molecule has 0 atom stereocenters. The average molecular weight is 289 g/mol. The van der Waals surface area contributed by atoms with Gasteiger partial charge in [-0.05, 0) is 25.8 Å². The minimum atomic E-state index is -1.03. The molecule has 2 N–H and O–H groups in total. The molecule has 2 aromatic rings. The van der Waals surface area contributed by atoms with Crippen molar-refractivity contribution in [1.29, 1.82) is 0 Å². The van der Waals surface area contributed by atoms with E-state index in [1.54, 1.807) is 6.07 Å². The predicted octanol–water partition coefficient (Wildman–Crippen LogP) is 2.79. The fraction of sp³-hybridized carbons (Fsp3) is 0.438. The lowest BCUT2D eigenvalue weighted by molar-refractivity contribution is 0.0444. The Balaban J connectivity index is 1.88. The summed E-state index contributed by atoms with van der Waals surface area (Å²) in [5.41, 5.74) is 1.31. The van der Waals surface area contributed by atoms with Crippen molar-refractivity contribution in [3.05, 3.63) is 35.6 Å². The second kappa shape index (κ2) is 5.50. The van der Waals surface area contributed by atoms with E-state index in [1.807, 2.05) is 18.2 Å². The van der Waals surface area contributed by atoms with Crippen LogP contribution in [0.3, 0.4) is 0 Å². The summed E-state index contributed by atoms with van der Waals surface area (Å²) in [7, 11) is 0. The van der Waals surface area contributed by atoms with Crippen LogP contribution < -0.4 is 5.32 Å². The standard InChI is InChI=1S/C16H19NO4/c1-16(6-8-20-9-7-16)17-10-12-11-4-2-3-5-13(11)21-14(12)15(18)19/h2-5,17H,6-10H2,1H3,(H,18,19).